The van der Waals surface area contributed by atoms with Crippen molar-refractivity contribution < 1.29 is 19.5 Å². The maximum atomic E-state index is 12.5. The van der Waals surface area contributed by atoms with Crippen LogP contribution in [-0.2, 0) is 14.4 Å². The van der Waals surface area contributed by atoms with Crippen molar-refractivity contribution in [3.8, 4) is 0 Å². The second-order valence-corrected chi connectivity index (χ2v) is 6.45. The Balaban J connectivity index is 2.02. The Bertz CT molecular complexity index is 579. The summed E-state index contributed by atoms with van der Waals surface area (Å²) in [7, 11) is 1.56. The highest BCUT2D eigenvalue weighted by atomic mass is 16.6. The van der Waals surface area contributed by atoms with Crippen molar-refractivity contribution in [3.05, 3.63) is 35.6 Å². The first-order valence-electron chi connectivity index (χ1n) is 7.73. The standard InChI is InChI=1S/C17H24N2O4/c1-11-4-5-13(16(21)22)14(10-11)15(20)18-12-6-8-17(2,9-7-12)19-23-3/h4,6-8,13-14,19H,5,9-10H2,1-3H3,(H,18,20)(H,21,22). The number of hydrogen-bond acceptors (Lipinski definition) is 4. The summed E-state index contributed by atoms with van der Waals surface area (Å²) in [4.78, 5) is 28.8. The minimum atomic E-state index is -0.918. The first-order valence-corrected chi connectivity index (χ1v) is 7.73. The molecule has 6 nitrogen and oxygen atoms in total. The fourth-order valence-electron chi connectivity index (χ4n) is 2.98. The van der Waals surface area contributed by atoms with Crippen LogP contribution in [0.4, 0.5) is 0 Å². The van der Waals surface area contributed by atoms with Gasteiger partial charge in [-0.1, -0.05) is 23.8 Å². The molecule has 0 heterocycles. The largest absolute Gasteiger partial charge is 0.481 e. The molecule has 0 bridgehead atoms. The number of nitrogens with one attached hydrogen (secondary N) is 2. The Morgan fingerprint density at radius 2 is 2.09 bits per heavy atom. The van der Waals surface area contributed by atoms with E-state index in [9.17, 15) is 14.7 Å². The van der Waals surface area contributed by atoms with Crippen molar-refractivity contribution in [2.24, 2.45) is 11.8 Å². The predicted molar refractivity (Wildman–Crippen MR) is 86.1 cm³/mol. The lowest BCUT2D eigenvalue weighted by molar-refractivity contribution is -0.147. The number of amides is 1. The molecule has 2 aliphatic carbocycles. The molecule has 6 heteroatoms. The second-order valence-electron chi connectivity index (χ2n) is 6.45. The van der Waals surface area contributed by atoms with Gasteiger partial charge in [-0.05, 0) is 39.2 Å². The molecule has 2 rings (SSSR count). The fraction of sp³-hybridized carbons (Fsp3) is 0.529. The van der Waals surface area contributed by atoms with E-state index in [2.05, 4.69) is 10.8 Å². The van der Waals surface area contributed by atoms with Crippen LogP contribution >= 0.6 is 0 Å². The third-order valence-corrected chi connectivity index (χ3v) is 4.38. The van der Waals surface area contributed by atoms with E-state index in [4.69, 9.17) is 4.84 Å². The first kappa shape index (κ1) is 17.4. The number of carbonyl (C=O) groups is 2. The molecular formula is C17H24N2O4. The molecule has 0 fully saturated rings. The van der Waals surface area contributed by atoms with E-state index in [1.165, 1.54) is 0 Å². The van der Waals surface area contributed by atoms with Crippen molar-refractivity contribution in [3.63, 3.8) is 0 Å². The lowest BCUT2D eigenvalue weighted by Crippen LogP contribution is -2.42. The van der Waals surface area contributed by atoms with Crippen molar-refractivity contribution in [2.45, 2.75) is 38.6 Å². The minimum absolute atomic E-state index is 0.232. The average Bonchev–Trinajstić information content (AvgIpc) is 2.49. The molecule has 0 aliphatic heterocycles. The highest BCUT2D eigenvalue weighted by Gasteiger charge is 2.35. The van der Waals surface area contributed by atoms with E-state index >= 15 is 0 Å². The molecule has 23 heavy (non-hydrogen) atoms. The Kier molecular flexibility index (Phi) is 5.38. The molecule has 126 valence electrons. The van der Waals surface area contributed by atoms with Gasteiger partial charge in [0, 0.05) is 5.70 Å². The summed E-state index contributed by atoms with van der Waals surface area (Å²) in [5.74, 6) is -2.34. The Morgan fingerprint density at radius 3 is 2.65 bits per heavy atom. The highest BCUT2D eigenvalue weighted by molar-refractivity contribution is 5.86. The van der Waals surface area contributed by atoms with Crippen LogP contribution in [0.25, 0.3) is 0 Å². The summed E-state index contributed by atoms with van der Waals surface area (Å²) in [5.41, 5.74) is 4.35. The molecule has 0 saturated heterocycles. The number of aliphatic carboxylic acids is 1. The second kappa shape index (κ2) is 7.10. The molecule has 3 N–H and O–H groups in total. The monoisotopic (exact) mass is 320 g/mol. The minimum Gasteiger partial charge on any atom is -0.481 e. The first-order chi connectivity index (χ1) is 10.8. The molecule has 0 saturated carbocycles. The zero-order valence-corrected chi connectivity index (χ0v) is 13.8. The zero-order valence-electron chi connectivity index (χ0n) is 13.8. The van der Waals surface area contributed by atoms with Gasteiger partial charge >= 0.3 is 5.97 Å². The van der Waals surface area contributed by atoms with Crippen LogP contribution in [0, 0.1) is 11.8 Å². The molecule has 3 atom stereocenters. The summed E-state index contributed by atoms with van der Waals surface area (Å²) < 4.78 is 0. The normalized spacial score (nSPS) is 30.4. The van der Waals surface area contributed by atoms with Crippen LogP contribution < -0.4 is 10.8 Å². The van der Waals surface area contributed by atoms with Gasteiger partial charge in [0.05, 0.1) is 24.5 Å². The molecule has 0 spiro atoms. The molecule has 0 aromatic carbocycles. The third kappa shape index (κ3) is 4.30. The topological polar surface area (TPSA) is 87.7 Å². The average molecular weight is 320 g/mol. The number of rotatable bonds is 5. The molecular weight excluding hydrogens is 296 g/mol. The summed E-state index contributed by atoms with van der Waals surface area (Å²) in [5, 5.41) is 12.2. The third-order valence-electron chi connectivity index (χ3n) is 4.38. The van der Waals surface area contributed by atoms with Gasteiger partial charge < -0.3 is 15.3 Å². The molecule has 0 aromatic rings. The molecule has 0 radical (unpaired) electrons. The van der Waals surface area contributed by atoms with E-state index in [-0.39, 0.29) is 11.4 Å². The van der Waals surface area contributed by atoms with Crippen LogP contribution in [0.15, 0.2) is 35.6 Å². The maximum absolute atomic E-state index is 12.5. The van der Waals surface area contributed by atoms with E-state index in [0.717, 1.165) is 5.57 Å². The van der Waals surface area contributed by atoms with Crippen LogP contribution in [0.1, 0.15) is 33.1 Å². The van der Waals surface area contributed by atoms with Crippen LogP contribution in [0.2, 0.25) is 0 Å². The zero-order chi connectivity index (χ0) is 17.0. The van der Waals surface area contributed by atoms with Gasteiger partial charge in [-0.15, -0.1) is 0 Å². The van der Waals surface area contributed by atoms with E-state index in [0.29, 0.717) is 25.0 Å². The summed E-state index contributed by atoms with van der Waals surface area (Å²) in [6.07, 6.45) is 9.11. The van der Waals surface area contributed by atoms with Gasteiger partial charge in [-0.3, -0.25) is 9.59 Å². The number of allylic oxidation sites excluding steroid dienone is 3. The maximum Gasteiger partial charge on any atom is 0.307 e. The van der Waals surface area contributed by atoms with Crippen molar-refractivity contribution in [2.75, 3.05) is 7.11 Å². The van der Waals surface area contributed by atoms with Gasteiger partial charge in [-0.2, -0.15) is 5.48 Å². The Hall–Kier alpha value is -1.92. The highest BCUT2D eigenvalue weighted by Crippen LogP contribution is 2.30. The van der Waals surface area contributed by atoms with Crippen LogP contribution in [0.3, 0.4) is 0 Å². The number of carboxylic acid groups (broad SMARTS) is 1. The molecule has 2 aliphatic rings. The van der Waals surface area contributed by atoms with Gasteiger partial charge in [0.25, 0.3) is 0 Å². The molecule has 0 aromatic heterocycles. The quantitative estimate of drug-likeness (QED) is 0.532. The SMILES string of the molecule is CONC1(C)C=CC(NC(=O)C2CC(C)=CCC2C(=O)O)=CC1. The summed E-state index contributed by atoms with van der Waals surface area (Å²) >= 11 is 0. The van der Waals surface area contributed by atoms with Gasteiger partial charge in [0.1, 0.15) is 0 Å². The van der Waals surface area contributed by atoms with Gasteiger partial charge in [0.2, 0.25) is 5.91 Å². The fourth-order valence-corrected chi connectivity index (χ4v) is 2.98. The van der Waals surface area contributed by atoms with Crippen molar-refractivity contribution >= 4 is 11.9 Å². The van der Waals surface area contributed by atoms with Gasteiger partial charge in [-0.25, -0.2) is 0 Å². The number of hydroxylamine groups is 1. The Morgan fingerprint density at radius 1 is 1.35 bits per heavy atom. The number of carbonyl (C=O) groups excluding carboxylic acids is 1. The number of carboxylic acids is 1. The predicted octanol–water partition coefficient (Wildman–Crippen LogP) is 1.91. The smallest absolute Gasteiger partial charge is 0.307 e. The lowest BCUT2D eigenvalue weighted by Gasteiger charge is -2.29. The number of hydrogen-bond donors (Lipinski definition) is 3. The van der Waals surface area contributed by atoms with Gasteiger partial charge in [0.15, 0.2) is 0 Å². The lowest BCUT2D eigenvalue weighted by atomic mass is 9.79. The van der Waals surface area contributed by atoms with Crippen LogP contribution in [-0.4, -0.2) is 29.6 Å². The molecule has 3 unspecified atom stereocenters. The summed E-state index contributed by atoms with van der Waals surface area (Å²) in [6, 6.07) is 0. The summed E-state index contributed by atoms with van der Waals surface area (Å²) in [6.45, 7) is 3.91. The van der Waals surface area contributed by atoms with E-state index in [1.54, 1.807) is 7.11 Å². The van der Waals surface area contributed by atoms with Crippen molar-refractivity contribution in [1.29, 1.82) is 0 Å². The van der Waals surface area contributed by atoms with Crippen molar-refractivity contribution in [1.82, 2.24) is 10.8 Å². The molecule has 1 amide bonds. The van der Waals surface area contributed by atoms with Crippen LogP contribution in [0.5, 0.6) is 0 Å². The Labute approximate surface area is 136 Å². The van der Waals surface area contributed by atoms with E-state index in [1.807, 2.05) is 38.2 Å². The van der Waals surface area contributed by atoms with E-state index < -0.39 is 17.8 Å².